The predicted molar refractivity (Wildman–Crippen MR) is 113 cm³/mol. The molecule has 156 valence electrons. The highest BCUT2D eigenvalue weighted by Gasteiger charge is 2.53. The molecule has 6 heteroatoms. The molecule has 3 rings (SSSR count). The predicted octanol–water partition coefficient (Wildman–Crippen LogP) is 5.13. The Balaban J connectivity index is 2.11. The molecule has 1 aromatic heterocycles. The van der Waals surface area contributed by atoms with Crippen LogP contribution >= 0.6 is 11.6 Å². The number of aromatic nitrogens is 1. The Kier molecular flexibility index (Phi) is 6.93. The first-order valence-corrected chi connectivity index (χ1v) is 10.6. The van der Waals surface area contributed by atoms with Crippen molar-refractivity contribution < 1.29 is 14.4 Å². The van der Waals surface area contributed by atoms with Gasteiger partial charge in [-0.05, 0) is 42.7 Å². The van der Waals surface area contributed by atoms with Gasteiger partial charge < -0.3 is 4.74 Å². The van der Waals surface area contributed by atoms with E-state index in [9.17, 15) is 4.79 Å². The van der Waals surface area contributed by atoms with E-state index in [0.717, 1.165) is 24.1 Å². The summed E-state index contributed by atoms with van der Waals surface area (Å²) in [6, 6.07) is 13.9. The molecular weight excluding hydrogens is 388 g/mol. The van der Waals surface area contributed by atoms with E-state index in [0.29, 0.717) is 30.8 Å². The lowest BCUT2D eigenvalue weighted by Crippen LogP contribution is -2.60. The summed E-state index contributed by atoms with van der Waals surface area (Å²) < 4.78 is 6.10. The number of esters is 1. The number of ether oxygens (including phenoxy) is 1. The van der Waals surface area contributed by atoms with Crippen LogP contribution in [0, 0.1) is 0 Å². The Labute approximate surface area is 177 Å². The lowest BCUT2D eigenvalue weighted by molar-refractivity contribution is -0.308. The molecule has 2 heterocycles. The summed E-state index contributed by atoms with van der Waals surface area (Å²) >= 11 is 6.16. The van der Waals surface area contributed by atoms with E-state index in [1.54, 1.807) is 7.11 Å². The molecular formula is C23H29ClN2O3. The summed E-state index contributed by atoms with van der Waals surface area (Å²) in [5, 5.41) is 2.51. The molecule has 1 aromatic carbocycles. The van der Waals surface area contributed by atoms with E-state index in [1.165, 1.54) is 0 Å². The van der Waals surface area contributed by atoms with Crippen molar-refractivity contribution in [3.05, 3.63) is 64.9 Å². The summed E-state index contributed by atoms with van der Waals surface area (Å²) in [5.41, 5.74) is 0.794. The van der Waals surface area contributed by atoms with Gasteiger partial charge in [0, 0.05) is 42.4 Å². The zero-order valence-corrected chi connectivity index (χ0v) is 18.1. The number of nitrogens with zero attached hydrogens (tertiary/aromatic N) is 2. The van der Waals surface area contributed by atoms with Gasteiger partial charge in [0.25, 0.3) is 0 Å². The van der Waals surface area contributed by atoms with Crippen LogP contribution in [0.1, 0.15) is 57.2 Å². The van der Waals surface area contributed by atoms with Crippen molar-refractivity contribution in [3.8, 4) is 0 Å². The smallest absolute Gasteiger partial charge is 0.307 e. The van der Waals surface area contributed by atoms with Gasteiger partial charge in [0.05, 0.1) is 12.8 Å². The number of hydrogen-bond acceptors (Lipinski definition) is 5. The third kappa shape index (κ3) is 4.32. The summed E-state index contributed by atoms with van der Waals surface area (Å²) in [5.74, 6) is -0.204. The van der Waals surface area contributed by atoms with E-state index in [2.05, 4.69) is 0 Å². The topological polar surface area (TPSA) is 51.7 Å². The molecule has 2 aromatic rings. The number of carbonyl (C=O) groups excluding carboxylic acids is 1. The zero-order valence-electron chi connectivity index (χ0n) is 17.4. The van der Waals surface area contributed by atoms with Gasteiger partial charge in [-0.1, -0.05) is 43.6 Å². The van der Waals surface area contributed by atoms with Crippen LogP contribution < -0.4 is 0 Å². The quantitative estimate of drug-likeness (QED) is 0.586. The zero-order chi connectivity index (χ0) is 20.9. The SMILES string of the molecule is CCCC(=O)O[C@@]1(CC)CC(c2ccc(Cl)cc2)(c2ccccn2)CCN1OC. The van der Waals surface area contributed by atoms with Gasteiger partial charge in [0.15, 0.2) is 5.72 Å². The van der Waals surface area contributed by atoms with Crippen molar-refractivity contribution in [2.45, 2.75) is 57.1 Å². The van der Waals surface area contributed by atoms with Crippen LogP contribution in [0.2, 0.25) is 5.02 Å². The van der Waals surface area contributed by atoms with Crippen molar-refractivity contribution in [2.24, 2.45) is 0 Å². The molecule has 1 fully saturated rings. The lowest BCUT2D eigenvalue weighted by Gasteiger charge is -2.51. The monoisotopic (exact) mass is 416 g/mol. The average Bonchev–Trinajstić information content (AvgIpc) is 2.75. The van der Waals surface area contributed by atoms with Gasteiger partial charge in [-0.2, -0.15) is 0 Å². The Morgan fingerprint density at radius 2 is 1.97 bits per heavy atom. The molecule has 0 saturated carbocycles. The number of hydroxylamine groups is 2. The average molecular weight is 417 g/mol. The molecule has 0 aliphatic carbocycles. The molecule has 1 unspecified atom stereocenters. The fourth-order valence-electron chi connectivity index (χ4n) is 4.36. The first kappa shape index (κ1) is 21.8. The second-order valence-corrected chi connectivity index (χ2v) is 7.98. The van der Waals surface area contributed by atoms with Crippen LogP contribution in [0.4, 0.5) is 0 Å². The van der Waals surface area contributed by atoms with Crippen molar-refractivity contribution in [2.75, 3.05) is 13.7 Å². The van der Waals surface area contributed by atoms with Gasteiger partial charge in [-0.15, -0.1) is 5.06 Å². The molecule has 0 spiro atoms. The third-order valence-electron chi connectivity index (χ3n) is 5.86. The van der Waals surface area contributed by atoms with Crippen LogP contribution in [-0.4, -0.2) is 35.4 Å². The summed E-state index contributed by atoms with van der Waals surface area (Å²) in [6.07, 6.45) is 4.89. The molecule has 0 bridgehead atoms. The van der Waals surface area contributed by atoms with Gasteiger partial charge >= 0.3 is 5.97 Å². The molecule has 0 N–H and O–H groups in total. The Morgan fingerprint density at radius 3 is 2.55 bits per heavy atom. The number of halogens is 1. The normalized spacial score (nSPS) is 25.0. The van der Waals surface area contributed by atoms with Gasteiger partial charge in [-0.25, -0.2) is 0 Å². The number of hydrogen-bond donors (Lipinski definition) is 0. The van der Waals surface area contributed by atoms with Gasteiger partial charge in [-0.3, -0.25) is 14.6 Å². The molecule has 1 aliphatic rings. The molecule has 0 radical (unpaired) electrons. The Bertz CT molecular complexity index is 815. The van der Waals surface area contributed by atoms with E-state index >= 15 is 0 Å². The summed E-state index contributed by atoms with van der Waals surface area (Å²) in [7, 11) is 1.63. The molecule has 2 atom stereocenters. The molecule has 5 nitrogen and oxygen atoms in total. The minimum Gasteiger partial charge on any atom is -0.441 e. The van der Waals surface area contributed by atoms with Crippen LogP contribution in [-0.2, 0) is 19.8 Å². The number of carbonyl (C=O) groups is 1. The van der Waals surface area contributed by atoms with Crippen molar-refractivity contribution in [1.29, 1.82) is 0 Å². The van der Waals surface area contributed by atoms with E-state index in [1.807, 2.05) is 67.6 Å². The Hall–Kier alpha value is -1.95. The van der Waals surface area contributed by atoms with Crippen LogP contribution in [0.5, 0.6) is 0 Å². The molecule has 29 heavy (non-hydrogen) atoms. The highest BCUT2D eigenvalue weighted by Crippen LogP contribution is 2.48. The maximum absolute atomic E-state index is 12.5. The van der Waals surface area contributed by atoms with Crippen molar-refractivity contribution in [3.63, 3.8) is 0 Å². The van der Waals surface area contributed by atoms with E-state index in [4.69, 9.17) is 26.2 Å². The fraction of sp³-hybridized carbons (Fsp3) is 0.478. The molecule has 1 saturated heterocycles. The van der Waals surface area contributed by atoms with Gasteiger partial charge in [0.1, 0.15) is 0 Å². The highest BCUT2D eigenvalue weighted by atomic mass is 35.5. The lowest BCUT2D eigenvalue weighted by atomic mass is 9.66. The third-order valence-corrected chi connectivity index (χ3v) is 6.11. The number of pyridine rings is 1. The maximum Gasteiger partial charge on any atom is 0.307 e. The molecule has 1 aliphatic heterocycles. The fourth-order valence-corrected chi connectivity index (χ4v) is 4.48. The van der Waals surface area contributed by atoms with Crippen LogP contribution in [0.3, 0.4) is 0 Å². The summed E-state index contributed by atoms with van der Waals surface area (Å²) in [6.45, 7) is 4.62. The number of rotatable bonds is 7. The van der Waals surface area contributed by atoms with Crippen LogP contribution in [0.25, 0.3) is 0 Å². The van der Waals surface area contributed by atoms with Crippen molar-refractivity contribution in [1.82, 2.24) is 10.0 Å². The van der Waals surface area contributed by atoms with Gasteiger partial charge in [0.2, 0.25) is 0 Å². The second kappa shape index (κ2) is 9.24. The first-order chi connectivity index (χ1) is 14.0. The second-order valence-electron chi connectivity index (χ2n) is 7.54. The number of benzene rings is 1. The first-order valence-electron chi connectivity index (χ1n) is 10.2. The minimum atomic E-state index is -0.865. The minimum absolute atomic E-state index is 0.204. The van der Waals surface area contributed by atoms with Crippen LogP contribution in [0.15, 0.2) is 48.7 Å². The highest BCUT2D eigenvalue weighted by molar-refractivity contribution is 6.30. The summed E-state index contributed by atoms with van der Waals surface area (Å²) in [4.78, 5) is 22.9. The van der Waals surface area contributed by atoms with E-state index < -0.39 is 11.1 Å². The largest absolute Gasteiger partial charge is 0.441 e. The van der Waals surface area contributed by atoms with Crippen molar-refractivity contribution >= 4 is 17.6 Å². The molecule has 0 amide bonds. The maximum atomic E-state index is 12.5. The number of piperidine rings is 1. The van der Waals surface area contributed by atoms with E-state index in [-0.39, 0.29) is 5.97 Å². The standard InChI is InChI=1S/C23H29ClN2O3/c1-4-8-21(27)29-23(5-2)17-22(14-16-26(23)28-3,20-9-6-7-15-25-20)18-10-12-19(24)13-11-18/h6-7,9-13,15H,4-5,8,14,16-17H2,1-3H3/t22?,23-/m0/s1. The Morgan fingerprint density at radius 1 is 1.21 bits per heavy atom.